The summed E-state index contributed by atoms with van der Waals surface area (Å²) in [5, 5.41) is 0. The van der Waals surface area contributed by atoms with Crippen LogP contribution < -0.4 is 5.73 Å². The summed E-state index contributed by atoms with van der Waals surface area (Å²) in [5.74, 6) is -0.0400. The maximum absolute atomic E-state index is 11.9. The molecule has 0 aliphatic rings. The van der Waals surface area contributed by atoms with Crippen LogP contribution in [0.4, 0.5) is 0 Å². The molecule has 0 bridgehead atoms. The lowest BCUT2D eigenvalue weighted by atomic mass is 10.2. The molecule has 1 heterocycles. The van der Waals surface area contributed by atoms with Gasteiger partial charge in [-0.1, -0.05) is 12.2 Å². The van der Waals surface area contributed by atoms with Crippen molar-refractivity contribution in [2.24, 2.45) is 5.73 Å². The van der Waals surface area contributed by atoms with Gasteiger partial charge < -0.3 is 10.6 Å². The monoisotopic (exact) mass is 237 g/mol. The zero-order valence-corrected chi connectivity index (χ0v) is 10.3. The van der Waals surface area contributed by atoms with Gasteiger partial charge >= 0.3 is 0 Å². The fraction of sp³-hybridized carbons (Fsp3) is 0.364. The topological polar surface area (TPSA) is 59.2 Å². The molecule has 0 radical (unpaired) electrons. The fourth-order valence-corrected chi connectivity index (χ4v) is 1.37. The Kier molecular flexibility index (Phi) is 4.37. The zero-order chi connectivity index (χ0) is 12.1. The summed E-state index contributed by atoms with van der Waals surface area (Å²) in [6, 6.07) is 3.46. The van der Waals surface area contributed by atoms with Crippen LogP contribution in [0.2, 0.25) is 0 Å². The van der Waals surface area contributed by atoms with Gasteiger partial charge in [0.2, 0.25) is 0 Å². The number of amides is 1. The molecule has 1 rings (SSSR count). The highest BCUT2D eigenvalue weighted by molar-refractivity contribution is 7.80. The van der Waals surface area contributed by atoms with Gasteiger partial charge in [0.15, 0.2) is 0 Å². The van der Waals surface area contributed by atoms with Crippen molar-refractivity contribution in [2.75, 3.05) is 13.6 Å². The number of rotatable bonds is 4. The second-order valence-corrected chi connectivity index (χ2v) is 4.15. The van der Waals surface area contributed by atoms with Gasteiger partial charge in [0.05, 0.1) is 4.99 Å². The van der Waals surface area contributed by atoms with Crippen LogP contribution in [-0.2, 0) is 0 Å². The predicted octanol–water partition coefficient (Wildman–Crippen LogP) is 1.14. The molecule has 4 nitrogen and oxygen atoms in total. The van der Waals surface area contributed by atoms with Gasteiger partial charge in [-0.15, -0.1) is 0 Å². The molecule has 1 aromatic rings. The second-order valence-electron chi connectivity index (χ2n) is 3.63. The summed E-state index contributed by atoms with van der Waals surface area (Å²) in [6.07, 6.45) is 2.17. The number of nitrogens with zero attached hydrogens (tertiary/aromatic N) is 2. The minimum absolute atomic E-state index is 0.0400. The number of carbonyl (C=O) groups excluding carboxylic acids is 1. The molecule has 86 valence electrons. The molecule has 0 saturated carbocycles. The highest BCUT2D eigenvalue weighted by Crippen LogP contribution is 2.04. The van der Waals surface area contributed by atoms with E-state index in [1.54, 1.807) is 30.3 Å². The van der Waals surface area contributed by atoms with Crippen molar-refractivity contribution in [1.29, 1.82) is 0 Å². The van der Waals surface area contributed by atoms with E-state index in [9.17, 15) is 4.79 Å². The first-order valence-corrected chi connectivity index (χ1v) is 5.38. The summed E-state index contributed by atoms with van der Waals surface area (Å²) < 4.78 is 0. The molecule has 0 atom stereocenters. The molecular formula is C11H15N3OS. The summed E-state index contributed by atoms with van der Waals surface area (Å²) in [5.41, 5.74) is 6.85. The molecule has 16 heavy (non-hydrogen) atoms. The number of nitrogens with two attached hydrogens (primary N) is 1. The Bertz CT molecular complexity index is 406. The highest BCUT2D eigenvalue weighted by atomic mass is 32.1. The van der Waals surface area contributed by atoms with E-state index in [4.69, 9.17) is 18.0 Å². The van der Waals surface area contributed by atoms with Crippen molar-refractivity contribution in [2.45, 2.75) is 13.3 Å². The quantitative estimate of drug-likeness (QED) is 0.798. The lowest BCUT2D eigenvalue weighted by molar-refractivity contribution is 0.0798. The first-order chi connectivity index (χ1) is 7.50. The lowest BCUT2D eigenvalue weighted by Crippen LogP contribution is -2.30. The number of aromatic nitrogens is 1. The Hall–Kier alpha value is -1.49. The van der Waals surface area contributed by atoms with E-state index in [2.05, 4.69) is 4.98 Å². The van der Waals surface area contributed by atoms with E-state index in [0.717, 1.165) is 5.69 Å². The lowest BCUT2D eigenvalue weighted by Gasteiger charge is -2.16. The molecule has 2 N–H and O–H groups in total. The van der Waals surface area contributed by atoms with Crippen LogP contribution >= 0.6 is 12.2 Å². The number of aryl methyl sites for hydroxylation is 1. The number of thiocarbonyl (C=S) groups is 1. The summed E-state index contributed by atoms with van der Waals surface area (Å²) in [7, 11) is 1.73. The van der Waals surface area contributed by atoms with Crippen LogP contribution in [0.25, 0.3) is 0 Å². The number of pyridine rings is 1. The number of hydrogen-bond acceptors (Lipinski definition) is 3. The SMILES string of the molecule is Cc1cc(C(=O)N(C)CCC(N)=S)ccn1. The van der Waals surface area contributed by atoms with Crippen molar-refractivity contribution in [3.05, 3.63) is 29.6 Å². The van der Waals surface area contributed by atoms with Gasteiger partial charge in [-0.25, -0.2) is 0 Å². The Morgan fingerprint density at radius 3 is 2.88 bits per heavy atom. The molecule has 0 fully saturated rings. The average Bonchev–Trinajstić information content (AvgIpc) is 2.24. The second kappa shape index (κ2) is 5.55. The number of hydrogen-bond donors (Lipinski definition) is 1. The molecule has 0 aliphatic carbocycles. The van der Waals surface area contributed by atoms with Crippen molar-refractivity contribution in [3.63, 3.8) is 0 Å². The van der Waals surface area contributed by atoms with E-state index in [0.29, 0.717) is 23.5 Å². The van der Waals surface area contributed by atoms with Crippen LogP contribution in [0.1, 0.15) is 22.5 Å². The van der Waals surface area contributed by atoms with Gasteiger partial charge in [-0.3, -0.25) is 9.78 Å². The zero-order valence-electron chi connectivity index (χ0n) is 9.43. The molecular weight excluding hydrogens is 222 g/mol. The highest BCUT2D eigenvalue weighted by Gasteiger charge is 2.11. The molecule has 0 unspecified atom stereocenters. The smallest absolute Gasteiger partial charge is 0.253 e. The van der Waals surface area contributed by atoms with E-state index in [1.165, 1.54) is 0 Å². The molecule has 1 amide bonds. The number of carbonyl (C=O) groups is 1. The van der Waals surface area contributed by atoms with Crippen LogP contribution in [0.3, 0.4) is 0 Å². The maximum Gasteiger partial charge on any atom is 0.253 e. The van der Waals surface area contributed by atoms with Gasteiger partial charge in [0.1, 0.15) is 0 Å². The van der Waals surface area contributed by atoms with Gasteiger partial charge in [0, 0.05) is 37.5 Å². The average molecular weight is 237 g/mol. The summed E-state index contributed by atoms with van der Waals surface area (Å²) in [6.45, 7) is 2.39. The Balaban J connectivity index is 2.67. The van der Waals surface area contributed by atoms with Gasteiger partial charge in [-0.2, -0.15) is 0 Å². The third-order valence-electron chi connectivity index (χ3n) is 2.18. The first kappa shape index (κ1) is 12.6. The molecule has 5 heteroatoms. The van der Waals surface area contributed by atoms with Crippen molar-refractivity contribution in [3.8, 4) is 0 Å². The summed E-state index contributed by atoms with van der Waals surface area (Å²) >= 11 is 4.77. The molecule has 0 aromatic carbocycles. The van der Waals surface area contributed by atoms with Crippen molar-refractivity contribution >= 4 is 23.1 Å². The molecule has 0 spiro atoms. The van der Waals surface area contributed by atoms with Crippen LogP contribution in [-0.4, -0.2) is 34.4 Å². The van der Waals surface area contributed by atoms with Crippen molar-refractivity contribution < 1.29 is 4.79 Å². The summed E-state index contributed by atoms with van der Waals surface area (Å²) in [4.78, 5) is 18.0. The van der Waals surface area contributed by atoms with E-state index >= 15 is 0 Å². The van der Waals surface area contributed by atoms with Gasteiger partial charge in [0.25, 0.3) is 5.91 Å². The van der Waals surface area contributed by atoms with E-state index < -0.39 is 0 Å². The third kappa shape index (κ3) is 3.58. The first-order valence-electron chi connectivity index (χ1n) is 4.97. The standard InChI is InChI=1S/C11H15N3OS/c1-8-7-9(3-5-13-8)11(15)14(2)6-4-10(12)16/h3,5,7H,4,6H2,1-2H3,(H2,12,16). The minimum Gasteiger partial charge on any atom is -0.393 e. The van der Waals surface area contributed by atoms with E-state index in [-0.39, 0.29) is 5.91 Å². The normalized spacial score (nSPS) is 9.88. The van der Waals surface area contributed by atoms with Crippen LogP contribution in [0.5, 0.6) is 0 Å². The minimum atomic E-state index is -0.0400. The molecule has 0 saturated heterocycles. The van der Waals surface area contributed by atoms with Crippen LogP contribution in [0.15, 0.2) is 18.3 Å². The maximum atomic E-state index is 11.9. The molecule has 1 aromatic heterocycles. The van der Waals surface area contributed by atoms with Crippen molar-refractivity contribution in [1.82, 2.24) is 9.88 Å². The Morgan fingerprint density at radius 1 is 1.62 bits per heavy atom. The Morgan fingerprint density at radius 2 is 2.31 bits per heavy atom. The Labute approximate surface area is 100 Å². The largest absolute Gasteiger partial charge is 0.393 e. The third-order valence-corrected chi connectivity index (χ3v) is 2.39. The van der Waals surface area contributed by atoms with Gasteiger partial charge in [-0.05, 0) is 19.1 Å². The van der Waals surface area contributed by atoms with Crippen LogP contribution in [0, 0.1) is 6.92 Å². The predicted molar refractivity (Wildman–Crippen MR) is 67.3 cm³/mol. The fourth-order valence-electron chi connectivity index (χ4n) is 1.28. The molecule has 0 aliphatic heterocycles. The van der Waals surface area contributed by atoms with E-state index in [1.807, 2.05) is 6.92 Å².